The first-order valence-electron chi connectivity index (χ1n) is 4.12. The summed E-state index contributed by atoms with van der Waals surface area (Å²) in [6.07, 6.45) is 0.483. The van der Waals surface area contributed by atoms with Crippen molar-refractivity contribution in [3.8, 4) is 0 Å². The summed E-state index contributed by atoms with van der Waals surface area (Å²) in [6.45, 7) is 0. The van der Waals surface area contributed by atoms with Gasteiger partial charge in [0.15, 0.2) is 5.05 Å². The van der Waals surface area contributed by atoms with Gasteiger partial charge in [-0.1, -0.05) is 12.1 Å². The molecule has 0 radical (unpaired) electrons. The lowest BCUT2D eigenvalue weighted by atomic mass is 10.2. The van der Waals surface area contributed by atoms with Gasteiger partial charge in [0.1, 0.15) is 0 Å². The lowest BCUT2D eigenvalue weighted by molar-refractivity contribution is 0.406. The Morgan fingerprint density at radius 1 is 1.40 bits per heavy atom. The van der Waals surface area contributed by atoms with Gasteiger partial charge in [-0.2, -0.15) is 0 Å². The van der Waals surface area contributed by atoms with Gasteiger partial charge in [-0.3, -0.25) is 0 Å². The normalized spacial score (nSPS) is 11.1. The molecule has 0 amide bonds. The Bertz CT molecular complexity index is 451. The summed E-state index contributed by atoms with van der Waals surface area (Å²) >= 11 is 4.88. The van der Waals surface area contributed by atoms with Gasteiger partial charge in [0, 0.05) is 6.42 Å². The third-order valence-corrected chi connectivity index (χ3v) is 3.07. The van der Waals surface area contributed by atoms with Crippen molar-refractivity contribution in [2.24, 2.45) is 5.14 Å². The van der Waals surface area contributed by atoms with Crippen molar-refractivity contribution in [3.05, 3.63) is 29.8 Å². The minimum absolute atomic E-state index is 0.0922. The molecule has 0 spiro atoms. The van der Waals surface area contributed by atoms with Crippen molar-refractivity contribution in [1.82, 2.24) is 0 Å². The number of rotatable bonds is 3. The standard InChI is InChI=1S/C9H11NO3S2/c1-13-9(14)6-7-2-4-8(5-3-7)15(10,11)12/h2-5H,6H2,1H3,(H2,10,11,12). The smallest absolute Gasteiger partial charge is 0.238 e. The molecule has 1 rings (SSSR count). The fraction of sp³-hybridized carbons (Fsp3) is 0.222. The maximum atomic E-state index is 10.9. The summed E-state index contributed by atoms with van der Waals surface area (Å²) in [4.78, 5) is 0.0922. The Labute approximate surface area is 94.1 Å². The van der Waals surface area contributed by atoms with Crippen LogP contribution in [-0.4, -0.2) is 20.6 Å². The van der Waals surface area contributed by atoms with Crippen LogP contribution in [0.5, 0.6) is 0 Å². The molecule has 0 unspecified atom stereocenters. The average Bonchev–Trinajstić information content (AvgIpc) is 2.17. The van der Waals surface area contributed by atoms with Crippen LogP contribution in [0.25, 0.3) is 0 Å². The number of hydrogen-bond donors (Lipinski definition) is 1. The lowest BCUT2D eigenvalue weighted by Gasteiger charge is -2.03. The van der Waals surface area contributed by atoms with E-state index in [2.05, 4.69) is 0 Å². The van der Waals surface area contributed by atoms with Crippen LogP contribution in [0.1, 0.15) is 5.56 Å². The Balaban J connectivity index is 2.86. The van der Waals surface area contributed by atoms with E-state index in [9.17, 15) is 8.42 Å². The maximum Gasteiger partial charge on any atom is 0.238 e. The van der Waals surface area contributed by atoms with Crippen LogP contribution in [0, 0.1) is 0 Å². The Morgan fingerprint density at radius 2 is 1.93 bits per heavy atom. The molecule has 0 aliphatic heterocycles. The van der Waals surface area contributed by atoms with Crippen LogP contribution >= 0.6 is 12.2 Å². The summed E-state index contributed by atoms with van der Waals surface area (Å²) in [6, 6.07) is 6.21. The van der Waals surface area contributed by atoms with Crippen molar-refractivity contribution in [2.45, 2.75) is 11.3 Å². The van der Waals surface area contributed by atoms with Crippen LogP contribution in [0.15, 0.2) is 29.2 Å². The molecule has 0 saturated heterocycles. The van der Waals surface area contributed by atoms with Gasteiger partial charge in [0.2, 0.25) is 10.0 Å². The van der Waals surface area contributed by atoms with Gasteiger partial charge in [0.05, 0.1) is 12.0 Å². The third kappa shape index (κ3) is 3.58. The predicted molar refractivity (Wildman–Crippen MR) is 61.1 cm³/mol. The van der Waals surface area contributed by atoms with E-state index in [1.807, 2.05) is 0 Å². The Morgan fingerprint density at radius 3 is 2.33 bits per heavy atom. The molecule has 1 aromatic rings. The zero-order valence-corrected chi connectivity index (χ0v) is 9.77. The fourth-order valence-electron chi connectivity index (χ4n) is 1.04. The molecule has 0 saturated carbocycles. The van der Waals surface area contributed by atoms with E-state index in [0.717, 1.165) is 5.56 Å². The second kappa shape index (κ2) is 4.69. The van der Waals surface area contributed by atoms with Crippen LogP contribution in [0.2, 0.25) is 0 Å². The van der Waals surface area contributed by atoms with E-state index < -0.39 is 10.0 Å². The molecule has 0 aromatic heterocycles. The molecule has 0 aliphatic rings. The first kappa shape index (κ1) is 12.1. The summed E-state index contributed by atoms with van der Waals surface area (Å²) in [5.74, 6) is 0. The highest BCUT2D eigenvalue weighted by Gasteiger charge is 2.07. The number of hydrogen-bond acceptors (Lipinski definition) is 4. The summed E-state index contributed by atoms with van der Waals surface area (Å²) in [5.41, 5.74) is 0.884. The van der Waals surface area contributed by atoms with Crippen molar-refractivity contribution in [1.29, 1.82) is 0 Å². The van der Waals surface area contributed by atoms with Crippen molar-refractivity contribution < 1.29 is 13.2 Å². The molecule has 4 nitrogen and oxygen atoms in total. The van der Waals surface area contributed by atoms with Crippen molar-refractivity contribution >= 4 is 27.3 Å². The Kier molecular flexibility index (Phi) is 3.78. The van der Waals surface area contributed by atoms with Gasteiger partial charge < -0.3 is 4.74 Å². The van der Waals surface area contributed by atoms with E-state index in [1.54, 1.807) is 12.1 Å². The SMILES string of the molecule is COC(=S)Cc1ccc(S(N)(=O)=O)cc1. The average molecular weight is 245 g/mol. The quantitative estimate of drug-likeness (QED) is 0.802. The number of methoxy groups -OCH3 is 1. The molecule has 0 aliphatic carbocycles. The number of ether oxygens (including phenoxy) is 1. The second-order valence-corrected chi connectivity index (χ2v) is 4.96. The molecule has 2 N–H and O–H groups in total. The zero-order chi connectivity index (χ0) is 11.5. The lowest BCUT2D eigenvalue weighted by Crippen LogP contribution is -2.12. The van der Waals surface area contributed by atoms with Gasteiger partial charge in [-0.25, -0.2) is 13.6 Å². The molecule has 0 atom stereocenters. The van der Waals surface area contributed by atoms with E-state index in [4.69, 9.17) is 22.1 Å². The van der Waals surface area contributed by atoms with E-state index in [0.29, 0.717) is 11.5 Å². The molecule has 82 valence electrons. The second-order valence-electron chi connectivity index (χ2n) is 2.94. The summed E-state index contributed by atoms with van der Waals surface area (Å²) in [7, 11) is -2.12. The van der Waals surface area contributed by atoms with Crippen molar-refractivity contribution in [3.63, 3.8) is 0 Å². The number of sulfonamides is 1. The van der Waals surface area contributed by atoms with Crippen LogP contribution < -0.4 is 5.14 Å². The van der Waals surface area contributed by atoms with Crippen LogP contribution in [0.4, 0.5) is 0 Å². The number of benzene rings is 1. The highest BCUT2D eigenvalue weighted by molar-refractivity contribution is 7.89. The maximum absolute atomic E-state index is 10.9. The largest absolute Gasteiger partial charge is 0.490 e. The van der Waals surface area contributed by atoms with Gasteiger partial charge in [0.25, 0.3) is 0 Å². The number of primary sulfonamides is 1. The van der Waals surface area contributed by atoms with Crippen LogP contribution in [-0.2, 0) is 21.2 Å². The van der Waals surface area contributed by atoms with E-state index in [-0.39, 0.29) is 4.90 Å². The Hall–Kier alpha value is -0.980. The first-order chi connectivity index (χ1) is 6.93. The molecular formula is C9H11NO3S2. The predicted octanol–water partition coefficient (Wildman–Crippen LogP) is 0.850. The summed E-state index contributed by atoms with van der Waals surface area (Å²) < 4.78 is 26.7. The number of thiocarbonyl (C=S) groups is 1. The molecule has 1 aromatic carbocycles. The molecule has 0 heterocycles. The van der Waals surface area contributed by atoms with Crippen molar-refractivity contribution in [2.75, 3.05) is 7.11 Å². The minimum atomic E-state index is -3.62. The first-order valence-corrected chi connectivity index (χ1v) is 6.07. The molecule has 6 heteroatoms. The summed E-state index contributed by atoms with van der Waals surface area (Å²) in [5, 5.41) is 5.41. The highest BCUT2D eigenvalue weighted by atomic mass is 32.2. The number of nitrogens with two attached hydrogens (primary N) is 1. The topological polar surface area (TPSA) is 69.4 Å². The third-order valence-electron chi connectivity index (χ3n) is 1.83. The zero-order valence-electron chi connectivity index (χ0n) is 8.14. The fourth-order valence-corrected chi connectivity index (χ4v) is 1.72. The molecule has 15 heavy (non-hydrogen) atoms. The molecule has 0 fully saturated rings. The highest BCUT2D eigenvalue weighted by Crippen LogP contribution is 2.09. The van der Waals surface area contributed by atoms with E-state index in [1.165, 1.54) is 19.2 Å². The molecule has 0 bridgehead atoms. The minimum Gasteiger partial charge on any atom is -0.490 e. The monoisotopic (exact) mass is 245 g/mol. The van der Waals surface area contributed by atoms with Gasteiger partial charge >= 0.3 is 0 Å². The van der Waals surface area contributed by atoms with E-state index >= 15 is 0 Å². The van der Waals surface area contributed by atoms with Crippen LogP contribution in [0.3, 0.4) is 0 Å². The molecular weight excluding hydrogens is 234 g/mol. The van der Waals surface area contributed by atoms with Gasteiger partial charge in [-0.05, 0) is 29.9 Å². The van der Waals surface area contributed by atoms with Gasteiger partial charge in [-0.15, -0.1) is 0 Å².